The summed E-state index contributed by atoms with van der Waals surface area (Å²) < 4.78 is 52.2. The van der Waals surface area contributed by atoms with Crippen molar-refractivity contribution in [3.8, 4) is 23.0 Å². The number of anilines is 2. The summed E-state index contributed by atoms with van der Waals surface area (Å²) in [5, 5.41) is 3.97. The summed E-state index contributed by atoms with van der Waals surface area (Å²) in [7, 11) is 1.67. The fraction of sp³-hybridized carbons (Fsp3) is 0.391. The Bertz CT molecular complexity index is 1230. The zero-order chi connectivity index (χ0) is 23.9. The molecule has 34 heavy (non-hydrogen) atoms. The van der Waals surface area contributed by atoms with Crippen LogP contribution in [0.4, 0.5) is 20.3 Å². The standard InChI is InChI=1S/C23H23ClF2N4O4/c1-3-31-13-8-15-19(17(9-13)34-18-6-7-30(2)10-23(18,25)26)22(28-11-27-15)29-20-14(24)4-5-16-21(20)33-12-32-16/h4-5,8-9,11,18H,3,6-7,10,12H2,1-2H3,(H,27,28,29). The van der Waals surface area contributed by atoms with Gasteiger partial charge in [-0.2, -0.15) is 0 Å². The van der Waals surface area contributed by atoms with Gasteiger partial charge >= 0.3 is 0 Å². The maximum absolute atomic E-state index is 14.8. The van der Waals surface area contributed by atoms with E-state index in [1.807, 2.05) is 6.92 Å². The number of ether oxygens (including phenoxy) is 4. The van der Waals surface area contributed by atoms with Crippen molar-refractivity contribution in [3.05, 3.63) is 35.6 Å². The van der Waals surface area contributed by atoms with E-state index in [1.165, 1.54) is 6.33 Å². The van der Waals surface area contributed by atoms with Crippen molar-refractivity contribution < 1.29 is 27.7 Å². The van der Waals surface area contributed by atoms with E-state index in [4.69, 9.17) is 30.5 Å². The van der Waals surface area contributed by atoms with Crippen molar-refractivity contribution in [2.75, 3.05) is 38.9 Å². The van der Waals surface area contributed by atoms with Crippen LogP contribution in [0, 0.1) is 0 Å². The minimum Gasteiger partial charge on any atom is -0.494 e. The number of likely N-dealkylation sites (tertiary alicyclic amines) is 1. The molecule has 1 unspecified atom stereocenters. The second-order valence-corrected chi connectivity index (χ2v) is 8.55. The Hall–Kier alpha value is -3.11. The van der Waals surface area contributed by atoms with E-state index < -0.39 is 12.0 Å². The number of hydrogen-bond acceptors (Lipinski definition) is 8. The van der Waals surface area contributed by atoms with E-state index in [0.717, 1.165) is 0 Å². The largest absolute Gasteiger partial charge is 0.494 e. The van der Waals surface area contributed by atoms with Gasteiger partial charge in [-0.15, -0.1) is 0 Å². The minimum absolute atomic E-state index is 0.0617. The van der Waals surface area contributed by atoms with Gasteiger partial charge in [-0.1, -0.05) is 11.6 Å². The summed E-state index contributed by atoms with van der Waals surface area (Å²) in [5.74, 6) is -1.08. The highest BCUT2D eigenvalue weighted by atomic mass is 35.5. The molecule has 11 heteroatoms. The smallest absolute Gasteiger partial charge is 0.296 e. The van der Waals surface area contributed by atoms with E-state index in [0.29, 0.717) is 57.8 Å². The van der Waals surface area contributed by atoms with Gasteiger partial charge in [0.1, 0.15) is 29.3 Å². The summed E-state index contributed by atoms with van der Waals surface area (Å²) in [6.07, 6.45) is 0.227. The molecule has 2 aliphatic rings. The Kier molecular flexibility index (Phi) is 5.95. The van der Waals surface area contributed by atoms with Gasteiger partial charge in [0.2, 0.25) is 6.79 Å². The maximum Gasteiger partial charge on any atom is 0.296 e. The Morgan fingerprint density at radius 2 is 2.12 bits per heavy atom. The molecule has 0 bridgehead atoms. The summed E-state index contributed by atoms with van der Waals surface area (Å²) >= 11 is 6.43. The maximum atomic E-state index is 14.8. The molecule has 2 aromatic carbocycles. The van der Waals surface area contributed by atoms with Crippen LogP contribution >= 0.6 is 11.6 Å². The number of nitrogens with one attached hydrogen (secondary N) is 1. The number of nitrogens with zero attached hydrogens (tertiary/aromatic N) is 3. The van der Waals surface area contributed by atoms with Crippen molar-refractivity contribution >= 4 is 34.0 Å². The SMILES string of the molecule is CCOc1cc(OC2CCN(C)CC2(F)F)c2c(Nc3c(Cl)ccc4c3OCO4)ncnc2c1. The number of fused-ring (bicyclic) bond motifs is 2. The first kappa shape index (κ1) is 22.7. The van der Waals surface area contributed by atoms with Gasteiger partial charge < -0.3 is 29.2 Å². The number of aromatic nitrogens is 2. The van der Waals surface area contributed by atoms with Crippen LogP contribution in [0.1, 0.15) is 13.3 Å². The van der Waals surface area contributed by atoms with Crippen LogP contribution in [0.15, 0.2) is 30.6 Å². The predicted octanol–water partition coefficient (Wildman–Crippen LogP) is 4.87. The molecule has 0 radical (unpaired) electrons. The fourth-order valence-electron chi connectivity index (χ4n) is 4.14. The normalized spacial score (nSPS) is 19.3. The molecule has 0 amide bonds. The van der Waals surface area contributed by atoms with E-state index in [1.54, 1.807) is 36.2 Å². The van der Waals surface area contributed by atoms with Gasteiger partial charge in [0.05, 0.1) is 29.1 Å². The fourth-order valence-corrected chi connectivity index (χ4v) is 4.33. The van der Waals surface area contributed by atoms with Gasteiger partial charge in [-0.25, -0.2) is 18.7 Å². The van der Waals surface area contributed by atoms with Crippen LogP contribution in [0.25, 0.3) is 10.9 Å². The Morgan fingerprint density at radius 3 is 2.91 bits per heavy atom. The zero-order valence-electron chi connectivity index (χ0n) is 18.6. The first-order chi connectivity index (χ1) is 16.4. The summed E-state index contributed by atoms with van der Waals surface area (Å²) in [5.41, 5.74) is 0.914. The number of benzene rings is 2. The lowest BCUT2D eigenvalue weighted by atomic mass is 10.0. The van der Waals surface area contributed by atoms with Crippen molar-refractivity contribution in [2.45, 2.75) is 25.4 Å². The molecule has 2 aliphatic heterocycles. The molecule has 3 heterocycles. The van der Waals surface area contributed by atoms with E-state index in [2.05, 4.69) is 15.3 Å². The quantitative estimate of drug-likeness (QED) is 0.522. The van der Waals surface area contributed by atoms with Gasteiger partial charge in [0, 0.05) is 25.1 Å². The van der Waals surface area contributed by atoms with Gasteiger partial charge in [0.25, 0.3) is 5.92 Å². The second kappa shape index (κ2) is 8.92. The van der Waals surface area contributed by atoms with Gasteiger partial charge in [-0.3, -0.25) is 0 Å². The molecule has 0 saturated carbocycles. The van der Waals surface area contributed by atoms with Gasteiger partial charge in [0.15, 0.2) is 17.6 Å². The van der Waals surface area contributed by atoms with Crippen LogP contribution in [0.5, 0.6) is 23.0 Å². The number of piperidine rings is 1. The monoisotopic (exact) mass is 492 g/mol. The molecular weight excluding hydrogens is 470 g/mol. The lowest BCUT2D eigenvalue weighted by Crippen LogP contribution is -2.52. The van der Waals surface area contributed by atoms with Crippen molar-refractivity contribution in [2.24, 2.45) is 0 Å². The lowest BCUT2D eigenvalue weighted by Gasteiger charge is -2.36. The third-order valence-electron chi connectivity index (χ3n) is 5.71. The molecule has 1 fully saturated rings. The van der Waals surface area contributed by atoms with E-state index >= 15 is 0 Å². The third-order valence-corrected chi connectivity index (χ3v) is 6.03. The van der Waals surface area contributed by atoms with Gasteiger partial charge in [-0.05, 0) is 26.1 Å². The average molecular weight is 493 g/mol. The molecule has 1 saturated heterocycles. The molecule has 0 spiro atoms. The summed E-state index contributed by atoms with van der Waals surface area (Å²) in [6, 6.07) is 6.68. The highest BCUT2D eigenvalue weighted by Crippen LogP contribution is 2.46. The minimum atomic E-state index is -3.03. The predicted molar refractivity (Wildman–Crippen MR) is 123 cm³/mol. The molecule has 3 aromatic rings. The number of alkyl halides is 2. The molecular formula is C23H23ClF2N4O4. The molecule has 5 rings (SSSR count). The molecule has 180 valence electrons. The van der Waals surface area contributed by atoms with Crippen LogP contribution in [-0.4, -0.2) is 60.4 Å². The Balaban J connectivity index is 1.60. The zero-order valence-corrected chi connectivity index (χ0v) is 19.4. The van der Waals surface area contributed by atoms with E-state index in [-0.39, 0.29) is 25.5 Å². The first-order valence-electron chi connectivity index (χ1n) is 10.9. The second-order valence-electron chi connectivity index (χ2n) is 8.15. The Labute approximate surface area is 199 Å². The molecule has 1 N–H and O–H groups in total. The first-order valence-corrected chi connectivity index (χ1v) is 11.2. The average Bonchev–Trinajstić information content (AvgIpc) is 3.26. The number of hydrogen-bond donors (Lipinski definition) is 1. The third kappa shape index (κ3) is 4.23. The van der Waals surface area contributed by atoms with Crippen molar-refractivity contribution in [3.63, 3.8) is 0 Å². The van der Waals surface area contributed by atoms with Crippen LogP contribution in [-0.2, 0) is 0 Å². The lowest BCUT2D eigenvalue weighted by molar-refractivity contribution is -0.134. The molecule has 1 aromatic heterocycles. The van der Waals surface area contributed by atoms with Crippen molar-refractivity contribution in [1.29, 1.82) is 0 Å². The van der Waals surface area contributed by atoms with Crippen LogP contribution < -0.4 is 24.3 Å². The Morgan fingerprint density at radius 1 is 1.26 bits per heavy atom. The van der Waals surface area contributed by atoms with Crippen molar-refractivity contribution in [1.82, 2.24) is 14.9 Å². The molecule has 8 nitrogen and oxygen atoms in total. The highest BCUT2D eigenvalue weighted by molar-refractivity contribution is 6.34. The number of rotatable bonds is 6. The highest BCUT2D eigenvalue weighted by Gasteiger charge is 2.45. The number of halogens is 3. The summed E-state index contributed by atoms with van der Waals surface area (Å²) in [6.45, 7) is 2.41. The molecule has 0 aliphatic carbocycles. The topological polar surface area (TPSA) is 78.0 Å². The van der Waals surface area contributed by atoms with Crippen LogP contribution in [0.2, 0.25) is 5.02 Å². The van der Waals surface area contributed by atoms with E-state index in [9.17, 15) is 8.78 Å². The molecule has 1 atom stereocenters. The summed E-state index contributed by atoms with van der Waals surface area (Å²) in [4.78, 5) is 10.3. The van der Waals surface area contributed by atoms with Crippen LogP contribution in [0.3, 0.4) is 0 Å².